The Hall–Kier alpha value is -0.170. The predicted octanol–water partition coefficient (Wildman–Crippen LogP) is 4.49. The maximum absolute atomic E-state index is 4.43. The average molecular weight is 196 g/mol. The van der Waals surface area contributed by atoms with Gasteiger partial charge in [0.15, 0.2) is 0 Å². The maximum Gasteiger partial charge on any atom is -0.0184 e. The first kappa shape index (κ1) is 10.9. The minimum absolute atomic E-state index is 1.16. The molecule has 0 aliphatic heterocycles. The van der Waals surface area contributed by atoms with Crippen LogP contribution in [0.5, 0.6) is 0 Å². The number of allylic oxidation sites excluding steroid dienone is 4. The van der Waals surface area contributed by atoms with Crippen LogP contribution in [0.1, 0.15) is 51.4 Å². The summed E-state index contributed by atoms with van der Waals surface area (Å²) in [7, 11) is 0. The highest BCUT2D eigenvalue weighted by Gasteiger charge is 1.94. The van der Waals surface area contributed by atoms with Gasteiger partial charge in [-0.05, 0) is 30.6 Å². The van der Waals surface area contributed by atoms with Gasteiger partial charge < -0.3 is 0 Å². The highest BCUT2D eigenvalue weighted by molar-refractivity contribution is 7.84. The summed E-state index contributed by atoms with van der Waals surface area (Å²) in [5, 5.41) is 0. The number of rotatable bonds is 0. The van der Waals surface area contributed by atoms with Crippen molar-refractivity contribution in [2.75, 3.05) is 0 Å². The summed E-state index contributed by atoms with van der Waals surface area (Å²) in [5.41, 5.74) is 0. The highest BCUT2D eigenvalue weighted by atomic mass is 32.1. The van der Waals surface area contributed by atoms with Gasteiger partial charge in [-0.25, -0.2) is 0 Å². The highest BCUT2D eigenvalue weighted by Crippen LogP contribution is 2.15. The van der Waals surface area contributed by atoms with E-state index < -0.39 is 0 Å². The molecule has 1 aliphatic rings. The molecule has 0 spiro atoms. The van der Waals surface area contributed by atoms with Gasteiger partial charge >= 0.3 is 0 Å². The summed E-state index contributed by atoms with van der Waals surface area (Å²) < 4.78 is 0. The first-order chi connectivity index (χ1) is 6.39. The van der Waals surface area contributed by atoms with Crippen LogP contribution in [0, 0.1) is 0 Å². The van der Waals surface area contributed by atoms with E-state index in [4.69, 9.17) is 0 Å². The van der Waals surface area contributed by atoms with Gasteiger partial charge in [-0.15, -0.1) is 12.6 Å². The Morgan fingerprint density at radius 2 is 1.62 bits per heavy atom. The zero-order valence-corrected chi connectivity index (χ0v) is 9.23. The standard InChI is InChI=1S/C12H20S/c13-12-10-8-6-4-2-1-3-5-7-9-11-12/h6,8,10,13H,1-5,7,9,11H2. The molecule has 0 unspecified atom stereocenters. The van der Waals surface area contributed by atoms with Crippen molar-refractivity contribution in [1.82, 2.24) is 0 Å². The van der Waals surface area contributed by atoms with Gasteiger partial charge in [0.1, 0.15) is 0 Å². The quantitative estimate of drug-likeness (QED) is 0.542. The van der Waals surface area contributed by atoms with Gasteiger partial charge in [-0.2, -0.15) is 0 Å². The molecule has 0 aromatic carbocycles. The average Bonchev–Trinajstić information content (AvgIpc) is 2.11. The Balaban J connectivity index is 2.34. The molecule has 74 valence electrons. The van der Waals surface area contributed by atoms with Crippen molar-refractivity contribution < 1.29 is 0 Å². The first-order valence-corrected chi connectivity index (χ1v) is 5.89. The van der Waals surface area contributed by atoms with Crippen LogP contribution >= 0.6 is 12.6 Å². The van der Waals surface area contributed by atoms with Crippen LogP contribution in [-0.4, -0.2) is 0 Å². The van der Waals surface area contributed by atoms with Crippen molar-refractivity contribution >= 4 is 12.6 Å². The molecule has 0 atom stereocenters. The molecule has 0 saturated carbocycles. The van der Waals surface area contributed by atoms with Crippen molar-refractivity contribution in [2.45, 2.75) is 51.4 Å². The van der Waals surface area contributed by atoms with E-state index in [0.717, 1.165) is 6.42 Å². The zero-order chi connectivity index (χ0) is 9.36. The largest absolute Gasteiger partial charge is 0.148 e. The first-order valence-electron chi connectivity index (χ1n) is 5.44. The molecule has 0 N–H and O–H groups in total. The molecular weight excluding hydrogens is 176 g/mol. The van der Waals surface area contributed by atoms with E-state index in [2.05, 4.69) is 30.9 Å². The van der Waals surface area contributed by atoms with Crippen molar-refractivity contribution in [2.24, 2.45) is 0 Å². The number of thiol groups is 1. The fraction of sp³-hybridized carbons (Fsp3) is 0.667. The predicted molar refractivity (Wildman–Crippen MR) is 63.1 cm³/mol. The molecule has 0 heterocycles. The summed E-state index contributed by atoms with van der Waals surface area (Å²) in [6.45, 7) is 0. The summed E-state index contributed by atoms with van der Waals surface area (Å²) in [6.07, 6.45) is 17.2. The van der Waals surface area contributed by atoms with Gasteiger partial charge in [-0.3, -0.25) is 0 Å². The molecule has 0 radical (unpaired) electrons. The molecule has 0 nitrogen and oxygen atoms in total. The van der Waals surface area contributed by atoms with E-state index in [1.807, 2.05) is 0 Å². The van der Waals surface area contributed by atoms with Crippen LogP contribution in [0.4, 0.5) is 0 Å². The third kappa shape index (κ3) is 5.98. The normalized spacial score (nSPS) is 21.5. The lowest BCUT2D eigenvalue weighted by atomic mass is 10.1. The SMILES string of the molecule is SC1=CC=CCCCCCCCC1. The molecular formula is C12H20S. The Morgan fingerprint density at radius 1 is 0.923 bits per heavy atom. The van der Waals surface area contributed by atoms with Gasteiger partial charge in [0.05, 0.1) is 0 Å². The van der Waals surface area contributed by atoms with E-state index >= 15 is 0 Å². The zero-order valence-electron chi connectivity index (χ0n) is 8.34. The Morgan fingerprint density at radius 3 is 2.46 bits per heavy atom. The summed E-state index contributed by atoms with van der Waals surface area (Å²) >= 11 is 4.43. The van der Waals surface area contributed by atoms with E-state index in [9.17, 15) is 0 Å². The van der Waals surface area contributed by atoms with Gasteiger partial charge in [0.2, 0.25) is 0 Å². The van der Waals surface area contributed by atoms with Crippen molar-refractivity contribution in [3.05, 3.63) is 23.1 Å². The molecule has 0 fully saturated rings. The fourth-order valence-corrected chi connectivity index (χ4v) is 1.88. The summed E-state index contributed by atoms with van der Waals surface area (Å²) in [4.78, 5) is 1.23. The number of hydrogen-bond donors (Lipinski definition) is 1. The molecule has 1 aliphatic carbocycles. The lowest BCUT2D eigenvalue weighted by molar-refractivity contribution is 0.598. The topological polar surface area (TPSA) is 0 Å². The summed E-state index contributed by atoms with van der Waals surface area (Å²) in [5.74, 6) is 0. The van der Waals surface area contributed by atoms with Crippen LogP contribution < -0.4 is 0 Å². The molecule has 0 bridgehead atoms. The van der Waals surface area contributed by atoms with Crippen LogP contribution in [0.3, 0.4) is 0 Å². The van der Waals surface area contributed by atoms with Crippen LogP contribution in [-0.2, 0) is 0 Å². The maximum atomic E-state index is 4.43. The van der Waals surface area contributed by atoms with E-state index in [-0.39, 0.29) is 0 Å². The lowest BCUT2D eigenvalue weighted by Gasteiger charge is -2.02. The Kier molecular flexibility index (Phi) is 6.09. The summed E-state index contributed by atoms with van der Waals surface area (Å²) in [6, 6.07) is 0. The minimum Gasteiger partial charge on any atom is -0.148 e. The van der Waals surface area contributed by atoms with Gasteiger partial charge in [-0.1, -0.05) is 43.9 Å². The van der Waals surface area contributed by atoms with Crippen molar-refractivity contribution in [3.8, 4) is 0 Å². The van der Waals surface area contributed by atoms with Crippen molar-refractivity contribution in [1.29, 1.82) is 0 Å². The third-order valence-electron chi connectivity index (χ3n) is 2.48. The second-order valence-electron chi connectivity index (χ2n) is 3.75. The van der Waals surface area contributed by atoms with E-state index in [1.54, 1.807) is 0 Å². The number of hydrogen-bond acceptors (Lipinski definition) is 1. The Bertz CT molecular complexity index is 180. The fourth-order valence-electron chi connectivity index (χ4n) is 1.63. The molecule has 1 heteroatoms. The lowest BCUT2D eigenvalue weighted by Crippen LogP contribution is -1.82. The van der Waals surface area contributed by atoms with Gasteiger partial charge in [0, 0.05) is 0 Å². The molecule has 13 heavy (non-hydrogen) atoms. The third-order valence-corrected chi connectivity index (χ3v) is 2.85. The second-order valence-corrected chi connectivity index (χ2v) is 4.32. The molecule has 0 aromatic heterocycles. The minimum atomic E-state index is 1.16. The van der Waals surface area contributed by atoms with E-state index in [1.165, 1.54) is 49.9 Å². The molecule has 0 saturated heterocycles. The van der Waals surface area contributed by atoms with Crippen LogP contribution in [0.2, 0.25) is 0 Å². The van der Waals surface area contributed by atoms with Gasteiger partial charge in [0.25, 0.3) is 0 Å². The molecule has 0 aromatic rings. The smallest absolute Gasteiger partial charge is 0.0184 e. The van der Waals surface area contributed by atoms with E-state index in [0.29, 0.717) is 0 Å². The monoisotopic (exact) mass is 196 g/mol. The van der Waals surface area contributed by atoms with Crippen LogP contribution in [0.25, 0.3) is 0 Å². The van der Waals surface area contributed by atoms with Crippen LogP contribution in [0.15, 0.2) is 23.1 Å². The van der Waals surface area contributed by atoms with Crippen molar-refractivity contribution in [3.63, 3.8) is 0 Å². The second kappa shape index (κ2) is 7.25. The molecule has 0 amide bonds. The Labute approximate surface area is 87.5 Å². The molecule has 1 rings (SSSR count).